The molecule has 0 bridgehead atoms. The highest BCUT2D eigenvalue weighted by molar-refractivity contribution is 5.85. The zero-order valence-corrected chi connectivity index (χ0v) is 17.4. The Balaban J connectivity index is 0.00000182. The molecule has 0 saturated carbocycles. The molecule has 2 aliphatic heterocycles. The molecule has 0 radical (unpaired) electrons. The van der Waals surface area contributed by atoms with Crippen LogP contribution in [-0.2, 0) is 9.53 Å². The molecule has 1 atom stereocenters. The van der Waals surface area contributed by atoms with Crippen LogP contribution in [0.4, 0.5) is 5.69 Å². The fraction of sp³-hybridized carbons (Fsp3) is 0.632. The van der Waals surface area contributed by atoms with Gasteiger partial charge >= 0.3 is 0 Å². The predicted molar refractivity (Wildman–Crippen MR) is 112 cm³/mol. The normalized spacial score (nSPS) is 21.0. The lowest BCUT2D eigenvalue weighted by Crippen LogP contribution is -2.50. The number of para-hydroxylation sites is 2. The molecule has 1 amide bonds. The third-order valence-electron chi connectivity index (χ3n) is 5.59. The average molecular weight is 420 g/mol. The number of carbonyl (C=O) groups excluding carboxylic acids is 1. The summed E-state index contributed by atoms with van der Waals surface area (Å²) < 4.78 is 10.8. The summed E-state index contributed by atoms with van der Waals surface area (Å²) in [5.74, 6) is 1.44. The Hall–Kier alpha value is -1.21. The van der Waals surface area contributed by atoms with Gasteiger partial charge < -0.3 is 25.4 Å². The number of methoxy groups -OCH3 is 1. The van der Waals surface area contributed by atoms with Gasteiger partial charge in [0.05, 0.1) is 18.2 Å². The van der Waals surface area contributed by atoms with Crippen LogP contribution in [0.15, 0.2) is 24.3 Å². The molecule has 8 heteroatoms. The van der Waals surface area contributed by atoms with E-state index < -0.39 is 5.41 Å². The first-order valence-corrected chi connectivity index (χ1v) is 9.12. The van der Waals surface area contributed by atoms with Crippen LogP contribution in [0.2, 0.25) is 0 Å². The highest BCUT2D eigenvalue weighted by Crippen LogP contribution is 2.32. The standard InChI is InChI=1S/C19H29N3O3.2ClH/c1-24-17-5-3-2-4-16(17)22-9-6-15(13-22)12-21-18(23)19(14-20)7-10-25-11-8-19;;/h2-5,15H,6-14,20H2,1H3,(H,21,23);2*1H. The lowest BCUT2D eigenvalue weighted by molar-refractivity contribution is -0.136. The molecule has 6 nitrogen and oxygen atoms in total. The molecular weight excluding hydrogens is 389 g/mol. The first-order chi connectivity index (χ1) is 12.2. The zero-order chi connectivity index (χ0) is 17.7. The van der Waals surface area contributed by atoms with Gasteiger partial charge in [-0.15, -0.1) is 24.8 Å². The van der Waals surface area contributed by atoms with Gasteiger partial charge in [0.25, 0.3) is 0 Å². The van der Waals surface area contributed by atoms with Gasteiger partial charge in [-0.25, -0.2) is 0 Å². The summed E-state index contributed by atoms with van der Waals surface area (Å²) in [5.41, 5.74) is 6.60. The van der Waals surface area contributed by atoms with Crippen LogP contribution in [0.25, 0.3) is 0 Å². The third kappa shape index (κ3) is 5.41. The first kappa shape index (κ1) is 23.8. The van der Waals surface area contributed by atoms with Crippen molar-refractivity contribution >= 4 is 36.4 Å². The topological polar surface area (TPSA) is 76.8 Å². The second-order valence-electron chi connectivity index (χ2n) is 7.08. The van der Waals surface area contributed by atoms with Crippen molar-refractivity contribution in [3.8, 4) is 5.75 Å². The molecule has 2 saturated heterocycles. The number of nitrogens with one attached hydrogen (secondary N) is 1. The van der Waals surface area contributed by atoms with E-state index in [0.29, 0.717) is 45.1 Å². The summed E-state index contributed by atoms with van der Waals surface area (Å²) in [6.07, 6.45) is 2.50. The van der Waals surface area contributed by atoms with E-state index in [1.54, 1.807) is 7.11 Å². The first-order valence-electron chi connectivity index (χ1n) is 9.12. The van der Waals surface area contributed by atoms with Crippen LogP contribution in [0.3, 0.4) is 0 Å². The van der Waals surface area contributed by atoms with E-state index >= 15 is 0 Å². The molecule has 1 unspecified atom stereocenters. The quantitative estimate of drug-likeness (QED) is 0.738. The summed E-state index contributed by atoms with van der Waals surface area (Å²) in [5, 5.41) is 3.15. The van der Waals surface area contributed by atoms with Crippen LogP contribution in [0.1, 0.15) is 19.3 Å². The van der Waals surface area contributed by atoms with E-state index in [2.05, 4.69) is 16.3 Å². The third-order valence-corrected chi connectivity index (χ3v) is 5.59. The molecule has 1 aromatic rings. The summed E-state index contributed by atoms with van der Waals surface area (Å²) in [7, 11) is 1.70. The molecule has 3 N–H and O–H groups in total. The Labute approximate surface area is 174 Å². The minimum atomic E-state index is -0.445. The number of rotatable bonds is 6. The van der Waals surface area contributed by atoms with Gasteiger partial charge in [-0.1, -0.05) is 12.1 Å². The number of halogens is 2. The predicted octanol–water partition coefficient (Wildman–Crippen LogP) is 2.24. The number of anilines is 1. The molecular formula is C19H31Cl2N3O3. The number of benzene rings is 1. The van der Waals surface area contributed by atoms with Crippen molar-refractivity contribution in [1.29, 1.82) is 0 Å². The van der Waals surface area contributed by atoms with Gasteiger partial charge in [0.2, 0.25) is 5.91 Å². The summed E-state index contributed by atoms with van der Waals surface area (Å²) in [6, 6.07) is 8.09. The number of carbonyl (C=O) groups is 1. The van der Waals surface area contributed by atoms with Gasteiger partial charge in [0.15, 0.2) is 0 Å². The highest BCUT2D eigenvalue weighted by atomic mass is 35.5. The van der Waals surface area contributed by atoms with Gasteiger partial charge in [-0.3, -0.25) is 4.79 Å². The fourth-order valence-electron chi connectivity index (χ4n) is 3.82. The molecule has 0 aliphatic carbocycles. The van der Waals surface area contributed by atoms with E-state index in [9.17, 15) is 4.79 Å². The van der Waals surface area contributed by atoms with Crippen LogP contribution in [0, 0.1) is 11.3 Å². The van der Waals surface area contributed by atoms with Crippen molar-refractivity contribution < 1.29 is 14.3 Å². The van der Waals surface area contributed by atoms with Crippen LogP contribution in [-0.4, -0.2) is 52.4 Å². The monoisotopic (exact) mass is 419 g/mol. The zero-order valence-electron chi connectivity index (χ0n) is 15.8. The van der Waals surface area contributed by atoms with Gasteiger partial charge in [0.1, 0.15) is 5.75 Å². The van der Waals surface area contributed by atoms with E-state index in [1.807, 2.05) is 18.2 Å². The van der Waals surface area contributed by atoms with Gasteiger partial charge in [-0.2, -0.15) is 0 Å². The largest absolute Gasteiger partial charge is 0.495 e. The number of amides is 1. The SMILES string of the molecule is COc1ccccc1N1CCC(CNC(=O)C2(CN)CCOCC2)C1.Cl.Cl. The minimum absolute atomic E-state index is 0. The Morgan fingerprint density at radius 1 is 1.33 bits per heavy atom. The van der Waals surface area contributed by atoms with Crippen molar-refractivity contribution in [3.05, 3.63) is 24.3 Å². The minimum Gasteiger partial charge on any atom is -0.495 e. The maximum atomic E-state index is 12.7. The van der Waals surface area contributed by atoms with Crippen molar-refractivity contribution in [3.63, 3.8) is 0 Å². The summed E-state index contributed by atoms with van der Waals surface area (Å²) in [6.45, 7) is 4.24. The molecule has 2 heterocycles. The van der Waals surface area contributed by atoms with Crippen molar-refractivity contribution in [2.24, 2.45) is 17.1 Å². The number of nitrogens with zero attached hydrogens (tertiary/aromatic N) is 1. The number of hydrogen-bond donors (Lipinski definition) is 2. The van der Waals surface area contributed by atoms with Crippen molar-refractivity contribution in [2.75, 3.05) is 51.4 Å². The van der Waals surface area contributed by atoms with Crippen LogP contribution >= 0.6 is 24.8 Å². The molecule has 2 fully saturated rings. The lowest BCUT2D eigenvalue weighted by Gasteiger charge is -2.34. The fourth-order valence-corrected chi connectivity index (χ4v) is 3.82. The van der Waals surface area contributed by atoms with E-state index in [1.165, 1.54) is 0 Å². The maximum Gasteiger partial charge on any atom is 0.227 e. The molecule has 1 aromatic carbocycles. The Bertz CT molecular complexity index is 597. The summed E-state index contributed by atoms with van der Waals surface area (Å²) >= 11 is 0. The number of ether oxygens (including phenoxy) is 2. The average Bonchev–Trinajstić information content (AvgIpc) is 3.15. The smallest absolute Gasteiger partial charge is 0.227 e. The Morgan fingerprint density at radius 3 is 2.70 bits per heavy atom. The number of nitrogens with two attached hydrogens (primary N) is 1. The molecule has 0 spiro atoms. The molecule has 3 rings (SSSR count). The lowest BCUT2D eigenvalue weighted by atomic mass is 9.79. The molecule has 154 valence electrons. The number of hydrogen-bond acceptors (Lipinski definition) is 5. The Kier molecular flexibility index (Phi) is 9.67. The van der Waals surface area contributed by atoms with E-state index in [-0.39, 0.29) is 30.7 Å². The van der Waals surface area contributed by atoms with E-state index in [4.69, 9.17) is 15.2 Å². The summed E-state index contributed by atoms with van der Waals surface area (Å²) in [4.78, 5) is 15.0. The second-order valence-corrected chi connectivity index (χ2v) is 7.08. The van der Waals surface area contributed by atoms with E-state index in [0.717, 1.165) is 30.9 Å². The molecule has 0 aromatic heterocycles. The molecule has 2 aliphatic rings. The van der Waals surface area contributed by atoms with Gasteiger partial charge in [-0.05, 0) is 37.3 Å². The second kappa shape index (κ2) is 11.0. The Morgan fingerprint density at radius 2 is 2.04 bits per heavy atom. The van der Waals surface area contributed by atoms with Crippen LogP contribution in [0.5, 0.6) is 5.75 Å². The van der Waals surface area contributed by atoms with Crippen LogP contribution < -0.4 is 20.7 Å². The maximum absolute atomic E-state index is 12.7. The van der Waals surface area contributed by atoms with Gasteiger partial charge in [0, 0.05) is 39.4 Å². The van der Waals surface area contributed by atoms with Crippen molar-refractivity contribution in [1.82, 2.24) is 5.32 Å². The molecule has 27 heavy (non-hydrogen) atoms. The van der Waals surface area contributed by atoms with Crippen molar-refractivity contribution in [2.45, 2.75) is 19.3 Å². The highest BCUT2D eigenvalue weighted by Gasteiger charge is 2.39.